The number of pyridine rings is 1. The van der Waals surface area contributed by atoms with Gasteiger partial charge in [-0.1, -0.05) is 23.2 Å². The smallest absolute Gasteiger partial charge is 0.141 e. The molecule has 4 rings (SSSR count). The minimum absolute atomic E-state index is 0.305. The van der Waals surface area contributed by atoms with Crippen LogP contribution in [0.1, 0.15) is 5.56 Å². The molecule has 5 heteroatoms. The highest BCUT2D eigenvalue weighted by atomic mass is 35.5. The average molecular weight is 312 g/mol. The summed E-state index contributed by atoms with van der Waals surface area (Å²) in [5, 5.41) is 1.36. The van der Waals surface area contributed by atoms with Gasteiger partial charge in [-0.05, 0) is 43.3 Å². The first kappa shape index (κ1) is 13.2. The number of hydrogen-bond donors (Lipinski definition) is 1. The quantitative estimate of drug-likeness (QED) is 0.509. The molecule has 2 aromatic carbocycles. The van der Waals surface area contributed by atoms with Crippen LogP contribution in [-0.2, 0) is 0 Å². The van der Waals surface area contributed by atoms with Gasteiger partial charge in [-0.15, -0.1) is 0 Å². The maximum absolute atomic E-state index is 13.3. The summed E-state index contributed by atoms with van der Waals surface area (Å²) in [4.78, 5) is 12.0. The Kier molecular flexibility index (Phi) is 2.87. The number of imidazole rings is 1. The van der Waals surface area contributed by atoms with Gasteiger partial charge < -0.3 is 4.98 Å². The van der Waals surface area contributed by atoms with Crippen LogP contribution < -0.4 is 0 Å². The molecule has 4 aromatic rings. The fourth-order valence-electron chi connectivity index (χ4n) is 2.55. The van der Waals surface area contributed by atoms with Crippen molar-refractivity contribution in [3.05, 3.63) is 59.0 Å². The maximum Gasteiger partial charge on any atom is 0.141 e. The number of halogens is 2. The number of aromatic amines is 1. The Morgan fingerprint density at radius 1 is 1.00 bits per heavy atom. The summed E-state index contributed by atoms with van der Waals surface area (Å²) in [5.74, 6) is 0.280. The molecule has 3 nitrogen and oxygen atoms in total. The average Bonchev–Trinajstić information content (AvgIpc) is 2.89. The van der Waals surface area contributed by atoms with Gasteiger partial charge in [0, 0.05) is 5.39 Å². The monoisotopic (exact) mass is 311 g/mol. The van der Waals surface area contributed by atoms with E-state index in [9.17, 15) is 4.39 Å². The predicted molar refractivity (Wildman–Crippen MR) is 86.5 cm³/mol. The standard InChI is InChI=1S/C17H11ClFN3/c1-9-2-4-13-10(6-9)7-12(16(18)20-13)17-21-14-5-3-11(19)8-15(14)22-17/h2-8H,1H3,(H,21,22). The highest BCUT2D eigenvalue weighted by Gasteiger charge is 2.12. The molecule has 0 saturated carbocycles. The van der Waals surface area contributed by atoms with E-state index in [4.69, 9.17) is 11.6 Å². The van der Waals surface area contributed by atoms with Gasteiger partial charge in [-0.2, -0.15) is 0 Å². The molecular formula is C17H11ClFN3. The molecule has 0 aliphatic heterocycles. The van der Waals surface area contributed by atoms with Crippen LogP contribution in [0.15, 0.2) is 42.5 Å². The van der Waals surface area contributed by atoms with Crippen molar-refractivity contribution in [3.63, 3.8) is 0 Å². The zero-order valence-electron chi connectivity index (χ0n) is 11.7. The van der Waals surface area contributed by atoms with Crippen LogP contribution >= 0.6 is 11.6 Å². The van der Waals surface area contributed by atoms with E-state index in [0.29, 0.717) is 27.6 Å². The third-order valence-corrected chi connectivity index (χ3v) is 3.91. The second kappa shape index (κ2) is 4.78. The molecule has 2 heterocycles. The lowest BCUT2D eigenvalue weighted by molar-refractivity contribution is 0.629. The molecule has 2 aromatic heterocycles. The number of benzene rings is 2. The Bertz CT molecular complexity index is 1020. The zero-order chi connectivity index (χ0) is 15.3. The van der Waals surface area contributed by atoms with E-state index in [2.05, 4.69) is 15.0 Å². The highest BCUT2D eigenvalue weighted by molar-refractivity contribution is 6.32. The summed E-state index contributed by atoms with van der Waals surface area (Å²) in [6.45, 7) is 2.03. The fourth-order valence-corrected chi connectivity index (χ4v) is 2.78. The van der Waals surface area contributed by atoms with E-state index in [-0.39, 0.29) is 5.82 Å². The van der Waals surface area contributed by atoms with Crippen LogP contribution in [0.5, 0.6) is 0 Å². The molecule has 22 heavy (non-hydrogen) atoms. The minimum atomic E-state index is -0.305. The Balaban J connectivity index is 1.96. The second-order valence-corrected chi connectivity index (χ2v) is 5.63. The van der Waals surface area contributed by atoms with E-state index >= 15 is 0 Å². The third-order valence-electron chi connectivity index (χ3n) is 3.62. The van der Waals surface area contributed by atoms with E-state index < -0.39 is 0 Å². The van der Waals surface area contributed by atoms with Gasteiger partial charge in [-0.3, -0.25) is 0 Å². The van der Waals surface area contributed by atoms with Crippen molar-refractivity contribution < 1.29 is 4.39 Å². The summed E-state index contributed by atoms with van der Waals surface area (Å²) in [6.07, 6.45) is 0. The van der Waals surface area contributed by atoms with Gasteiger partial charge in [0.2, 0.25) is 0 Å². The molecule has 0 spiro atoms. The normalized spacial score (nSPS) is 11.4. The largest absolute Gasteiger partial charge is 0.338 e. The number of aromatic nitrogens is 3. The van der Waals surface area contributed by atoms with Crippen molar-refractivity contribution in [2.24, 2.45) is 0 Å². The van der Waals surface area contributed by atoms with Crippen molar-refractivity contribution >= 4 is 33.5 Å². The second-order valence-electron chi connectivity index (χ2n) is 5.27. The SMILES string of the molecule is Cc1ccc2nc(Cl)c(-c3nc4ccc(F)cc4[nH]3)cc2c1. The number of H-pyrrole nitrogens is 1. The predicted octanol–water partition coefficient (Wildman–Crippen LogP) is 4.88. The van der Waals surface area contributed by atoms with E-state index in [1.165, 1.54) is 12.1 Å². The van der Waals surface area contributed by atoms with Crippen molar-refractivity contribution in [2.75, 3.05) is 0 Å². The number of aryl methyl sites for hydroxylation is 1. The molecular weight excluding hydrogens is 301 g/mol. The molecule has 108 valence electrons. The number of nitrogens with one attached hydrogen (secondary N) is 1. The maximum atomic E-state index is 13.3. The summed E-state index contributed by atoms with van der Waals surface area (Å²) in [6, 6.07) is 12.4. The van der Waals surface area contributed by atoms with Crippen LogP contribution in [0, 0.1) is 12.7 Å². The van der Waals surface area contributed by atoms with Crippen molar-refractivity contribution in [2.45, 2.75) is 6.92 Å². The Morgan fingerprint density at radius 2 is 1.82 bits per heavy atom. The van der Waals surface area contributed by atoms with Gasteiger partial charge >= 0.3 is 0 Å². The summed E-state index contributed by atoms with van der Waals surface area (Å²) >= 11 is 6.29. The lowest BCUT2D eigenvalue weighted by atomic mass is 10.1. The summed E-state index contributed by atoms with van der Waals surface area (Å²) < 4.78 is 13.3. The fraction of sp³-hybridized carbons (Fsp3) is 0.0588. The van der Waals surface area contributed by atoms with E-state index in [1.54, 1.807) is 6.07 Å². The van der Waals surface area contributed by atoms with Crippen molar-refractivity contribution in [3.8, 4) is 11.4 Å². The number of nitrogens with zero attached hydrogens (tertiary/aromatic N) is 2. The number of hydrogen-bond acceptors (Lipinski definition) is 2. The molecule has 0 bridgehead atoms. The lowest BCUT2D eigenvalue weighted by Gasteiger charge is -2.04. The minimum Gasteiger partial charge on any atom is -0.338 e. The highest BCUT2D eigenvalue weighted by Crippen LogP contribution is 2.30. The third kappa shape index (κ3) is 2.12. The first-order valence-corrected chi connectivity index (χ1v) is 7.20. The number of fused-ring (bicyclic) bond motifs is 2. The topological polar surface area (TPSA) is 41.6 Å². The molecule has 1 N–H and O–H groups in total. The van der Waals surface area contributed by atoms with Crippen molar-refractivity contribution in [1.82, 2.24) is 15.0 Å². The molecule has 0 aliphatic carbocycles. The molecule has 0 radical (unpaired) electrons. The van der Waals surface area contributed by atoms with Crippen LogP contribution in [0.3, 0.4) is 0 Å². The molecule has 0 amide bonds. The van der Waals surface area contributed by atoms with Gasteiger partial charge in [0.15, 0.2) is 0 Å². The van der Waals surface area contributed by atoms with Gasteiger partial charge in [0.05, 0.1) is 22.1 Å². The lowest BCUT2D eigenvalue weighted by Crippen LogP contribution is -1.88. The van der Waals surface area contributed by atoms with Crippen LogP contribution in [0.2, 0.25) is 5.15 Å². The molecule has 0 aliphatic rings. The first-order valence-electron chi connectivity index (χ1n) is 6.83. The molecule has 0 unspecified atom stereocenters. The molecule has 0 saturated heterocycles. The first-order chi connectivity index (χ1) is 10.6. The van der Waals surface area contributed by atoms with Crippen LogP contribution in [0.4, 0.5) is 4.39 Å². The Morgan fingerprint density at radius 3 is 2.68 bits per heavy atom. The number of rotatable bonds is 1. The van der Waals surface area contributed by atoms with Gasteiger partial charge in [0.1, 0.15) is 16.8 Å². The summed E-state index contributed by atoms with van der Waals surface area (Å²) in [5.41, 5.74) is 4.01. The zero-order valence-corrected chi connectivity index (χ0v) is 12.4. The molecule has 0 atom stereocenters. The van der Waals surface area contributed by atoms with Crippen molar-refractivity contribution in [1.29, 1.82) is 0 Å². The van der Waals surface area contributed by atoms with Gasteiger partial charge in [-0.25, -0.2) is 14.4 Å². The molecule has 0 fully saturated rings. The van der Waals surface area contributed by atoms with E-state index in [0.717, 1.165) is 16.5 Å². The van der Waals surface area contributed by atoms with Crippen LogP contribution in [-0.4, -0.2) is 15.0 Å². The van der Waals surface area contributed by atoms with Crippen LogP contribution in [0.25, 0.3) is 33.3 Å². The Hall–Kier alpha value is -2.46. The van der Waals surface area contributed by atoms with Gasteiger partial charge in [0.25, 0.3) is 0 Å². The Labute approximate surface area is 130 Å². The summed E-state index contributed by atoms with van der Waals surface area (Å²) in [7, 11) is 0. The van der Waals surface area contributed by atoms with E-state index in [1.807, 2.05) is 31.2 Å².